The number of carbonyl (C=O) groups is 1. The molecular weight excluding hydrogens is 366 g/mol. The number of methoxy groups -OCH3 is 1. The Hall–Kier alpha value is -1.16. The molecule has 1 aromatic rings. The van der Waals surface area contributed by atoms with Gasteiger partial charge in [-0.3, -0.25) is 0 Å². The summed E-state index contributed by atoms with van der Waals surface area (Å²) in [5.41, 5.74) is -1.43. The normalized spacial score (nSPS) is 14.5. The minimum atomic E-state index is -4.04. The van der Waals surface area contributed by atoms with Crippen molar-refractivity contribution in [1.82, 2.24) is 4.72 Å². The van der Waals surface area contributed by atoms with Gasteiger partial charge in [0.15, 0.2) is 5.60 Å². The maximum Gasteiger partial charge on any atom is 0.336 e. The molecule has 1 unspecified atom stereocenters. The van der Waals surface area contributed by atoms with Gasteiger partial charge in [0.1, 0.15) is 10.6 Å². The predicted octanol–water partition coefficient (Wildman–Crippen LogP) is 0.880. The molecule has 0 aliphatic heterocycles. The van der Waals surface area contributed by atoms with Gasteiger partial charge in [0.25, 0.3) is 0 Å². The summed E-state index contributed by atoms with van der Waals surface area (Å²) in [6.07, 6.45) is 0. The average molecular weight is 382 g/mol. The highest BCUT2D eigenvalue weighted by molar-refractivity contribution is 9.10. The molecule has 21 heavy (non-hydrogen) atoms. The molecule has 0 aliphatic carbocycles. The number of rotatable bonds is 6. The van der Waals surface area contributed by atoms with E-state index < -0.39 is 28.1 Å². The van der Waals surface area contributed by atoms with Gasteiger partial charge in [-0.15, -0.1) is 0 Å². The van der Waals surface area contributed by atoms with Gasteiger partial charge in [-0.25, -0.2) is 17.9 Å². The number of hydrogen-bond acceptors (Lipinski definition) is 5. The van der Waals surface area contributed by atoms with Crippen molar-refractivity contribution in [2.45, 2.75) is 24.3 Å². The monoisotopic (exact) mass is 381 g/mol. The van der Waals surface area contributed by atoms with Gasteiger partial charge in [0.2, 0.25) is 10.0 Å². The molecule has 0 saturated carbocycles. The van der Waals surface area contributed by atoms with Crippen molar-refractivity contribution in [3.8, 4) is 5.75 Å². The Kier molecular flexibility index (Phi) is 5.37. The van der Waals surface area contributed by atoms with E-state index in [1.807, 2.05) is 0 Å². The molecule has 0 spiro atoms. The highest BCUT2D eigenvalue weighted by Gasteiger charge is 2.32. The number of hydrogen-bond donors (Lipinski definition) is 3. The number of carboxylic acids is 1. The average Bonchev–Trinajstić information content (AvgIpc) is 2.39. The number of aliphatic carboxylic acids is 1. The third kappa shape index (κ3) is 4.16. The topological polar surface area (TPSA) is 113 Å². The first-order chi connectivity index (χ1) is 9.51. The number of benzene rings is 1. The standard InChI is InChI=1S/C12H16BrNO6S/c1-7-4-9(20-3)10(5-8(7)13)21(18,19)14-6-12(2,17)11(15)16/h4-5,14,17H,6H2,1-3H3,(H,15,16). The number of aryl methyl sites for hydroxylation is 1. The maximum absolute atomic E-state index is 12.2. The zero-order valence-corrected chi connectivity index (χ0v) is 14.1. The lowest BCUT2D eigenvalue weighted by Gasteiger charge is -2.19. The van der Waals surface area contributed by atoms with E-state index in [9.17, 15) is 18.3 Å². The Bertz CT molecular complexity index is 656. The maximum atomic E-state index is 12.2. The van der Waals surface area contributed by atoms with Gasteiger partial charge in [0.05, 0.1) is 13.7 Å². The summed E-state index contributed by atoms with van der Waals surface area (Å²) in [5.74, 6) is -1.40. The third-order valence-electron chi connectivity index (χ3n) is 2.80. The van der Waals surface area contributed by atoms with Gasteiger partial charge in [0, 0.05) is 4.47 Å². The van der Waals surface area contributed by atoms with Crippen LogP contribution in [0.2, 0.25) is 0 Å². The number of halogens is 1. The fraction of sp³-hybridized carbons (Fsp3) is 0.417. The van der Waals surface area contributed by atoms with E-state index in [2.05, 4.69) is 20.7 Å². The van der Waals surface area contributed by atoms with Crippen molar-refractivity contribution in [3.05, 3.63) is 22.2 Å². The number of carboxylic acid groups (broad SMARTS) is 1. The zero-order valence-electron chi connectivity index (χ0n) is 11.7. The van der Waals surface area contributed by atoms with E-state index >= 15 is 0 Å². The Labute approximate surface area is 131 Å². The molecule has 1 atom stereocenters. The number of nitrogens with one attached hydrogen (secondary N) is 1. The Morgan fingerprint density at radius 2 is 2.05 bits per heavy atom. The predicted molar refractivity (Wildman–Crippen MR) is 78.9 cm³/mol. The second-order valence-electron chi connectivity index (χ2n) is 4.66. The SMILES string of the molecule is COc1cc(C)c(Br)cc1S(=O)(=O)NCC(C)(O)C(=O)O. The lowest BCUT2D eigenvalue weighted by Crippen LogP contribution is -2.46. The van der Waals surface area contributed by atoms with Gasteiger partial charge in [-0.05, 0) is 31.5 Å². The summed E-state index contributed by atoms with van der Waals surface area (Å²) in [4.78, 5) is 10.6. The van der Waals surface area contributed by atoms with E-state index in [-0.39, 0.29) is 10.6 Å². The van der Waals surface area contributed by atoms with Crippen LogP contribution >= 0.6 is 15.9 Å². The summed E-state index contributed by atoms with van der Waals surface area (Å²) in [5, 5.41) is 18.3. The van der Waals surface area contributed by atoms with Crippen LogP contribution in [-0.4, -0.2) is 43.9 Å². The Morgan fingerprint density at radius 3 is 2.52 bits per heavy atom. The molecule has 9 heteroatoms. The molecule has 1 rings (SSSR count). The fourth-order valence-corrected chi connectivity index (χ4v) is 3.20. The molecule has 0 aliphatic rings. The smallest absolute Gasteiger partial charge is 0.336 e. The number of ether oxygens (including phenoxy) is 1. The van der Waals surface area contributed by atoms with Crippen molar-refractivity contribution >= 4 is 31.9 Å². The molecule has 0 amide bonds. The van der Waals surface area contributed by atoms with E-state index in [4.69, 9.17) is 9.84 Å². The molecule has 1 aromatic carbocycles. The summed E-state index contributed by atoms with van der Waals surface area (Å²) in [6, 6.07) is 2.89. The van der Waals surface area contributed by atoms with Gasteiger partial charge in [-0.1, -0.05) is 15.9 Å². The number of aliphatic hydroxyl groups is 1. The van der Waals surface area contributed by atoms with E-state index in [0.29, 0.717) is 4.47 Å². The summed E-state index contributed by atoms with van der Waals surface area (Å²) >= 11 is 3.22. The molecule has 0 bridgehead atoms. The van der Waals surface area contributed by atoms with E-state index in [1.54, 1.807) is 6.92 Å². The quantitative estimate of drug-likeness (QED) is 0.673. The highest BCUT2D eigenvalue weighted by atomic mass is 79.9. The fourth-order valence-electron chi connectivity index (χ4n) is 1.40. The first-order valence-electron chi connectivity index (χ1n) is 5.81. The lowest BCUT2D eigenvalue weighted by molar-refractivity contribution is -0.155. The van der Waals surface area contributed by atoms with Gasteiger partial charge in [-0.2, -0.15) is 0 Å². The molecule has 0 heterocycles. The summed E-state index contributed by atoms with van der Waals surface area (Å²) < 4.78 is 32.1. The van der Waals surface area contributed by atoms with E-state index in [0.717, 1.165) is 12.5 Å². The van der Waals surface area contributed by atoms with Crippen LogP contribution < -0.4 is 9.46 Å². The lowest BCUT2D eigenvalue weighted by atomic mass is 10.1. The second-order valence-corrected chi connectivity index (χ2v) is 7.25. The van der Waals surface area contributed by atoms with Crippen LogP contribution in [0.5, 0.6) is 5.75 Å². The largest absolute Gasteiger partial charge is 0.495 e. The molecule has 118 valence electrons. The molecule has 7 nitrogen and oxygen atoms in total. The summed E-state index contributed by atoms with van der Waals surface area (Å²) in [7, 11) is -2.71. The van der Waals surface area contributed by atoms with Crippen LogP contribution in [-0.2, 0) is 14.8 Å². The molecule has 3 N–H and O–H groups in total. The van der Waals surface area contributed by atoms with Crippen LogP contribution in [0.15, 0.2) is 21.5 Å². The first-order valence-corrected chi connectivity index (χ1v) is 8.08. The van der Waals surface area contributed by atoms with Crippen molar-refractivity contribution in [2.75, 3.05) is 13.7 Å². The van der Waals surface area contributed by atoms with Crippen molar-refractivity contribution in [1.29, 1.82) is 0 Å². The van der Waals surface area contributed by atoms with Crippen molar-refractivity contribution in [3.63, 3.8) is 0 Å². The van der Waals surface area contributed by atoms with Crippen LogP contribution in [0.25, 0.3) is 0 Å². The van der Waals surface area contributed by atoms with Gasteiger partial charge >= 0.3 is 5.97 Å². The van der Waals surface area contributed by atoms with Crippen molar-refractivity contribution < 1.29 is 28.2 Å². The van der Waals surface area contributed by atoms with Crippen molar-refractivity contribution in [2.24, 2.45) is 0 Å². The first kappa shape index (κ1) is 17.9. The molecule has 0 fully saturated rings. The highest BCUT2D eigenvalue weighted by Crippen LogP contribution is 2.30. The molecule has 0 saturated heterocycles. The van der Waals surface area contributed by atoms with Crippen LogP contribution in [0.3, 0.4) is 0 Å². The second kappa shape index (κ2) is 6.30. The summed E-state index contributed by atoms with van der Waals surface area (Å²) in [6.45, 7) is 2.10. The molecular formula is C12H16BrNO6S. The zero-order chi connectivity index (χ0) is 16.4. The minimum Gasteiger partial charge on any atom is -0.495 e. The third-order valence-corrected chi connectivity index (χ3v) is 5.08. The van der Waals surface area contributed by atoms with Crippen LogP contribution in [0.4, 0.5) is 0 Å². The van der Waals surface area contributed by atoms with Gasteiger partial charge < -0.3 is 14.9 Å². The van der Waals surface area contributed by atoms with Crippen LogP contribution in [0, 0.1) is 6.92 Å². The molecule has 0 radical (unpaired) electrons. The Morgan fingerprint density at radius 1 is 1.48 bits per heavy atom. The van der Waals surface area contributed by atoms with E-state index in [1.165, 1.54) is 19.2 Å². The van der Waals surface area contributed by atoms with Crippen LogP contribution in [0.1, 0.15) is 12.5 Å². The minimum absolute atomic E-state index is 0.123. The molecule has 0 aromatic heterocycles. The number of sulfonamides is 1. The Balaban J connectivity index is 3.15.